The summed E-state index contributed by atoms with van der Waals surface area (Å²) in [6.45, 7) is 3.96. The van der Waals surface area contributed by atoms with Gasteiger partial charge in [0.1, 0.15) is 12.4 Å². The van der Waals surface area contributed by atoms with Crippen molar-refractivity contribution in [2.75, 3.05) is 5.32 Å². The van der Waals surface area contributed by atoms with Crippen molar-refractivity contribution in [1.29, 1.82) is 0 Å². The van der Waals surface area contributed by atoms with Crippen LogP contribution in [0.15, 0.2) is 71.8 Å². The largest absolute Gasteiger partial charge is 0.489 e. The lowest BCUT2D eigenvalue weighted by atomic mass is 10.1. The molecule has 0 saturated carbocycles. The lowest BCUT2D eigenvalue weighted by Crippen LogP contribution is -2.32. The first kappa shape index (κ1) is 23.3. The third-order valence-corrected chi connectivity index (χ3v) is 5.11. The maximum absolute atomic E-state index is 12.0. The van der Waals surface area contributed by atoms with Crippen molar-refractivity contribution in [3.63, 3.8) is 0 Å². The molecule has 3 aromatic rings. The second-order valence-electron chi connectivity index (χ2n) is 7.01. The number of ether oxygens (including phenoxy) is 1. The standard InChI is InChI=1S/C24H21Cl2N3O3/c1-15-3-9-20(10-4-15)27-23(30)24(31)29-28-16(2)17-6-11-21(12-7-17)32-14-18-5-8-19(25)13-22(18)26/h3-13H,14H2,1-2H3,(H,27,30)(H,29,31)/b28-16+. The van der Waals surface area contributed by atoms with E-state index in [-0.39, 0.29) is 0 Å². The van der Waals surface area contributed by atoms with Gasteiger partial charge in [0, 0.05) is 21.3 Å². The summed E-state index contributed by atoms with van der Waals surface area (Å²) in [6, 6.07) is 19.5. The van der Waals surface area contributed by atoms with Crippen LogP contribution in [0.2, 0.25) is 10.0 Å². The number of carbonyl (C=O) groups is 2. The van der Waals surface area contributed by atoms with E-state index in [1.54, 1.807) is 55.5 Å². The zero-order valence-corrected chi connectivity index (χ0v) is 19.0. The topological polar surface area (TPSA) is 79.8 Å². The van der Waals surface area contributed by atoms with Gasteiger partial charge < -0.3 is 10.1 Å². The van der Waals surface area contributed by atoms with Crippen LogP contribution in [0.5, 0.6) is 5.75 Å². The van der Waals surface area contributed by atoms with Crippen LogP contribution >= 0.6 is 23.2 Å². The molecule has 32 heavy (non-hydrogen) atoms. The molecule has 3 aromatic carbocycles. The van der Waals surface area contributed by atoms with Crippen molar-refractivity contribution in [2.24, 2.45) is 5.10 Å². The van der Waals surface area contributed by atoms with Crippen molar-refractivity contribution in [2.45, 2.75) is 20.5 Å². The van der Waals surface area contributed by atoms with Gasteiger partial charge in [-0.2, -0.15) is 5.10 Å². The zero-order valence-electron chi connectivity index (χ0n) is 17.5. The molecule has 0 saturated heterocycles. The molecular formula is C24H21Cl2N3O3. The molecule has 0 atom stereocenters. The van der Waals surface area contributed by atoms with Gasteiger partial charge in [-0.1, -0.05) is 47.0 Å². The Bertz CT molecular complexity index is 1140. The first-order valence-corrected chi connectivity index (χ1v) is 10.5. The molecule has 0 aliphatic carbocycles. The Balaban J connectivity index is 1.53. The highest BCUT2D eigenvalue weighted by molar-refractivity contribution is 6.39. The van der Waals surface area contributed by atoms with E-state index in [4.69, 9.17) is 27.9 Å². The van der Waals surface area contributed by atoms with Crippen molar-refractivity contribution in [1.82, 2.24) is 5.43 Å². The number of hydrogen-bond donors (Lipinski definition) is 2. The summed E-state index contributed by atoms with van der Waals surface area (Å²) in [7, 11) is 0. The Morgan fingerprint density at radius 2 is 1.62 bits per heavy atom. The molecule has 0 radical (unpaired) electrons. The Kier molecular flexibility index (Phi) is 7.87. The van der Waals surface area contributed by atoms with Crippen LogP contribution in [0.4, 0.5) is 5.69 Å². The molecule has 0 unspecified atom stereocenters. The number of nitrogens with zero attached hydrogens (tertiary/aromatic N) is 1. The van der Waals surface area contributed by atoms with Gasteiger partial charge in [0.2, 0.25) is 0 Å². The van der Waals surface area contributed by atoms with Crippen LogP contribution in [0, 0.1) is 6.92 Å². The van der Waals surface area contributed by atoms with Gasteiger partial charge in [0.25, 0.3) is 0 Å². The van der Waals surface area contributed by atoms with E-state index in [9.17, 15) is 9.59 Å². The summed E-state index contributed by atoms with van der Waals surface area (Å²) in [5.41, 5.74) is 5.98. The Morgan fingerprint density at radius 1 is 0.938 bits per heavy atom. The second kappa shape index (κ2) is 10.8. The highest BCUT2D eigenvalue weighted by Crippen LogP contribution is 2.23. The average Bonchev–Trinajstić information content (AvgIpc) is 2.78. The molecule has 0 aliphatic heterocycles. The molecular weight excluding hydrogens is 449 g/mol. The van der Waals surface area contributed by atoms with Crippen LogP contribution < -0.4 is 15.5 Å². The molecule has 6 nitrogen and oxygen atoms in total. The first-order chi connectivity index (χ1) is 15.3. The third kappa shape index (κ3) is 6.57. The molecule has 2 N–H and O–H groups in total. The average molecular weight is 470 g/mol. The van der Waals surface area contributed by atoms with Crippen LogP contribution in [0.25, 0.3) is 0 Å². The minimum atomic E-state index is -0.857. The van der Waals surface area contributed by atoms with Crippen LogP contribution in [-0.2, 0) is 16.2 Å². The summed E-state index contributed by atoms with van der Waals surface area (Å²) in [4.78, 5) is 24.0. The molecule has 0 spiro atoms. The van der Waals surface area contributed by atoms with Gasteiger partial charge >= 0.3 is 11.8 Å². The van der Waals surface area contributed by atoms with E-state index in [1.807, 2.05) is 25.1 Å². The summed E-state index contributed by atoms with van der Waals surface area (Å²) in [5, 5.41) is 7.63. The van der Waals surface area contributed by atoms with Gasteiger partial charge in [-0.05, 0) is 67.9 Å². The summed E-state index contributed by atoms with van der Waals surface area (Å²) < 4.78 is 5.75. The zero-order chi connectivity index (χ0) is 23.1. The van der Waals surface area contributed by atoms with Crippen molar-refractivity contribution in [3.05, 3.63) is 93.5 Å². The van der Waals surface area contributed by atoms with Gasteiger partial charge in [-0.15, -0.1) is 0 Å². The molecule has 8 heteroatoms. The van der Waals surface area contributed by atoms with Crippen molar-refractivity contribution in [3.8, 4) is 5.75 Å². The molecule has 164 valence electrons. The van der Waals surface area contributed by atoms with Crippen LogP contribution in [0.3, 0.4) is 0 Å². The summed E-state index contributed by atoms with van der Waals surface area (Å²) in [5.74, 6) is -1.01. The van der Waals surface area contributed by atoms with E-state index in [0.717, 1.165) is 16.7 Å². The Labute approximate surface area is 196 Å². The quantitative estimate of drug-likeness (QED) is 0.289. The number of benzene rings is 3. The molecule has 0 aromatic heterocycles. The Hall–Kier alpha value is -3.35. The number of carbonyl (C=O) groups excluding carboxylic acids is 2. The molecule has 0 bridgehead atoms. The van der Waals surface area contributed by atoms with E-state index in [2.05, 4.69) is 15.8 Å². The SMILES string of the molecule is C/C(=N\NC(=O)C(=O)Nc1ccc(C)cc1)c1ccc(OCc2ccc(Cl)cc2Cl)cc1. The third-order valence-electron chi connectivity index (χ3n) is 4.52. The minimum Gasteiger partial charge on any atom is -0.489 e. The number of aryl methyl sites for hydroxylation is 1. The normalized spacial score (nSPS) is 11.1. The number of hydrazone groups is 1. The first-order valence-electron chi connectivity index (χ1n) is 9.71. The fraction of sp³-hybridized carbons (Fsp3) is 0.125. The molecule has 3 rings (SSSR count). The molecule has 2 amide bonds. The van der Waals surface area contributed by atoms with E-state index >= 15 is 0 Å². The minimum absolute atomic E-state index is 0.300. The maximum Gasteiger partial charge on any atom is 0.329 e. The number of rotatable bonds is 6. The fourth-order valence-corrected chi connectivity index (χ4v) is 3.13. The van der Waals surface area contributed by atoms with Gasteiger partial charge in [-0.3, -0.25) is 9.59 Å². The van der Waals surface area contributed by atoms with E-state index in [1.165, 1.54) is 0 Å². The second-order valence-corrected chi connectivity index (χ2v) is 7.85. The lowest BCUT2D eigenvalue weighted by Gasteiger charge is -2.09. The predicted octanol–water partition coefficient (Wildman–Crippen LogP) is 5.36. The summed E-state index contributed by atoms with van der Waals surface area (Å²) in [6.07, 6.45) is 0. The predicted molar refractivity (Wildman–Crippen MR) is 127 cm³/mol. The van der Waals surface area contributed by atoms with Crippen LogP contribution in [-0.4, -0.2) is 17.5 Å². The number of halogens is 2. The van der Waals surface area contributed by atoms with Crippen LogP contribution in [0.1, 0.15) is 23.6 Å². The molecule has 0 heterocycles. The lowest BCUT2D eigenvalue weighted by molar-refractivity contribution is -0.136. The highest BCUT2D eigenvalue weighted by Gasteiger charge is 2.13. The number of amides is 2. The van der Waals surface area contributed by atoms with Crippen molar-refractivity contribution >= 4 is 46.4 Å². The molecule has 0 fully saturated rings. The fourth-order valence-electron chi connectivity index (χ4n) is 2.67. The van der Waals surface area contributed by atoms with Crippen molar-refractivity contribution < 1.29 is 14.3 Å². The number of hydrogen-bond acceptors (Lipinski definition) is 4. The van der Waals surface area contributed by atoms with E-state index in [0.29, 0.717) is 33.8 Å². The molecule has 0 aliphatic rings. The van der Waals surface area contributed by atoms with Gasteiger partial charge in [0.15, 0.2) is 0 Å². The maximum atomic E-state index is 12.0. The Morgan fingerprint density at radius 3 is 2.28 bits per heavy atom. The smallest absolute Gasteiger partial charge is 0.329 e. The highest BCUT2D eigenvalue weighted by atomic mass is 35.5. The van der Waals surface area contributed by atoms with Gasteiger partial charge in [-0.25, -0.2) is 5.43 Å². The number of anilines is 1. The number of nitrogens with one attached hydrogen (secondary N) is 2. The monoisotopic (exact) mass is 469 g/mol. The van der Waals surface area contributed by atoms with Gasteiger partial charge in [0.05, 0.1) is 5.71 Å². The summed E-state index contributed by atoms with van der Waals surface area (Å²) >= 11 is 12.1. The van der Waals surface area contributed by atoms with E-state index < -0.39 is 11.8 Å².